The van der Waals surface area contributed by atoms with Crippen LogP contribution in [-0.2, 0) is 4.79 Å². The minimum absolute atomic E-state index is 0.0400. The molecule has 162 valence electrons. The Morgan fingerprint density at radius 2 is 1.97 bits per heavy atom. The number of carboxylic acids is 1. The van der Waals surface area contributed by atoms with E-state index in [0.717, 1.165) is 35.9 Å². The predicted molar refractivity (Wildman–Crippen MR) is 112 cm³/mol. The fraction of sp³-hybridized carbons (Fsp3) is 0.389. The van der Waals surface area contributed by atoms with Gasteiger partial charge in [-0.3, -0.25) is 4.79 Å². The lowest BCUT2D eigenvalue weighted by atomic mass is 9.95. The molecule has 0 bridgehead atoms. The van der Waals surface area contributed by atoms with Crippen molar-refractivity contribution in [2.75, 3.05) is 6.54 Å². The van der Waals surface area contributed by atoms with Crippen LogP contribution in [0.25, 0.3) is 0 Å². The van der Waals surface area contributed by atoms with E-state index in [1.54, 1.807) is 12.1 Å². The number of aromatic nitrogens is 1. The number of halogens is 2. The zero-order valence-electron chi connectivity index (χ0n) is 15.8. The molecule has 1 fully saturated rings. The third-order valence-electron chi connectivity index (χ3n) is 4.37. The molecule has 1 aromatic carbocycles. The summed E-state index contributed by atoms with van der Waals surface area (Å²) in [4.78, 5) is 10.6. The maximum absolute atomic E-state index is 10.6. The van der Waals surface area contributed by atoms with E-state index in [4.69, 9.17) is 42.3 Å². The Hall–Kier alpha value is -2.50. The van der Waals surface area contributed by atoms with Gasteiger partial charge in [0.25, 0.3) is 5.88 Å². The third-order valence-corrected chi connectivity index (χ3v) is 5.26. The van der Waals surface area contributed by atoms with Gasteiger partial charge in [0.05, 0.1) is 16.6 Å². The molecule has 0 radical (unpaired) electrons. The quantitative estimate of drug-likeness (QED) is 0.214. The SMILES string of the molecule is N/C(=N\N(N)CC(=O)O)c1cc(OC2CCC(Oc3cc(Cl)ccc3Br)CC2)no1. The highest BCUT2D eigenvalue weighted by atomic mass is 79.9. The number of carbonyl (C=O) groups is 1. The van der Waals surface area contributed by atoms with E-state index in [1.807, 2.05) is 6.07 Å². The second-order valence-electron chi connectivity index (χ2n) is 6.72. The van der Waals surface area contributed by atoms with Crippen LogP contribution in [0, 0.1) is 0 Å². The van der Waals surface area contributed by atoms with Crippen molar-refractivity contribution in [1.82, 2.24) is 10.3 Å². The lowest BCUT2D eigenvalue weighted by Crippen LogP contribution is -2.33. The first-order valence-corrected chi connectivity index (χ1v) is 10.3. The average Bonchev–Trinajstić information content (AvgIpc) is 3.14. The Labute approximate surface area is 185 Å². The number of hydrazine groups is 1. The number of benzene rings is 1. The van der Waals surface area contributed by atoms with Gasteiger partial charge in [0.2, 0.25) is 5.76 Å². The normalized spacial score (nSPS) is 19.4. The van der Waals surface area contributed by atoms with Gasteiger partial charge in [-0.1, -0.05) is 11.6 Å². The van der Waals surface area contributed by atoms with E-state index in [1.165, 1.54) is 6.07 Å². The summed E-state index contributed by atoms with van der Waals surface area (Å²) in [6.45, 7) is -0.505. The fourth-order valence-corrected chi connectivity index (χ4v) is 3.48. The first-order valence-electron chi connectivity index (χ1n) is 9.13. The molecule has 1 heterocycles. The van der Waals surface area contributed by atoms with Gasteiger partial charge in [0.1, 0.15) is 11.9 Å². The Morgan fingerprint density at radius 1 is 1.30 bits per heavy atom. The summed E-state index contributed by atoms with van der Waals surface area (Å²) >= 11 is 9.50. The molecule has 3 rings (SSSR count). The Kier molecular flexibility index (Phi) is 7.40. The summed E-state index contributed by atoms with van der Waals surface area (Å²) in [5, 5.41) is 17.5. The predicted octanol–water partition coefficient (Wildman–Crippen LogP) is 2.74. The molecule has 1 aliphatic rings. The highest BCUT2D eigenvalue weighted by molar-refractivity contribution is 9.10. The molecule has 2 aromatic rings. The number of ether oxygens (including phenoxy) is 2. The van der Waals surface area contributed by atoms with E-state index in [2.05, 4.69) is 26.2 Å². The van der Waals surface area contributed by atoms with E-state index < -0.39 is 12.5 Å². The number of amidine groups is 1. The van der Waals surface area contributed by atoms with Crippen LogP contribution >= 0.6 is 27.5 Å². The first kappa shape index (κ1) is 22.2. The minimum atomic E-state index is -1.14. The molecule has 0 unspecified atom stereocenters. The standard InChI is InChI=1S/C18H21BrClN5O5/c19-13-6-1-10(20)7-14(13)28-11-2-4-12(5-3-11)29-16-8-15(30-24-16)18(21)23-25(22)9-17(26)27/h1,6-8,11-12H,2-5,9,22H2,(H2,21,23)(H,26,27). The molecule has 1 aromatic heterocycles. The van der Waals surface area contributed by atoms with Gasteiger partial charge < -0.3 is 24.8 Å². The largest absolute Gasteiger partial charge is 0.489 e. The molecule has 0 spiro atoms. The van der Waals surface area contributed by atoms with Gasteiger partial charge in [-0.05, 0) is 65.0 Å². The van der Waals surface area contributed by atoms with Crippen LogP contribution in [0.4, 0.5) is 0 Å². The monoisotopic (exact) mass is 501 g/mol. The molecule has 30 heavy (non-hydrogen) atoms. The van der Waals surface area contributed by atoms with Crippen molar-refractivity contribution in [1.29, 1.82) is 0 Å². The van der Waals surface area contributed by atoms with E-state index in [9.17, 15) is 4.79 Å². The summed E-state index contributed by atoms with van der Waals surface area (Å²) in [6, 6.07) is 6.92. The molecule has 0 atom stereocenters. The summed E-state index contributed by atoms with van der Waals surface area (Å²) in [6.07, 6.45) is 3.22. The van der Waals surface area contributed by atoms with Gasteiger partial charge in [-0.2, -0.15) is 0 Å². The number of rotatable bonds is 8. The van der Waals surface area contributed by atoms with Crippen molar-refractivity contribution in [3.05, 3.63) is 39.5 Å². The number of nitrogens with zero attached hydrogens (tertiary/aromatic N) is 3. The van der Waals surface area contributed by atoms with Crippen molar-refractivity contribution in [3.63, 3.8) is 0 Å². The summed E-state index contributed by atoms with van der Waals surface area (Å²) < 4.78 is 17.9. The Morgan fingerprint density at radius 3 is 2.63 bits per heavy atom. The minimum Gasteiger partial charge on any atom is -0.489 e. The van der Waals surface area contributed by atoms with Crippen molar-refractivity contribution < 1.29 is 23.9 Å². The number of hydrogen-bond acceptors (Lipinski definition) is 8. The fourth-order valence-electron chi connectivity index (χ4n) is 2.98. The molecule has 1 saturated carbocycles. The topological polar surface area (TPSA) is 149 Å². The molecule has 5 N–H and O–H groups in total. The number of hydrazone groups is 1. The summed E-state index contributed by atoms with van der Waals surface area (Å²) in [5.74, 6) is 5.30. The van der Waals surface area contributed by atoms with Gasteiger partial charge in [0.15, 0.2) is 12.4 Å². The van der Waals surface area contributed by atoms with Crippen LogP contribution in [0.5, 0.6) is 11.6 Å². The number of carboxylic acid groups (broad SMARTS) is 1. The zero-order chi connectivity index (χ0) is 21.7. The first-order chi connectivity index (χ1) is 14.3. The molecule has 0 amide bonds. The maximum atomic E-state index is 10.6. The average molecular weight is 503 g/mol. The van der Waals surface area contributed by atoms with Crippen LogP contribution in [0.2, 0.25) is 5.02 Å². The highest BCUT2D eigenvalue weighted by Gasteiger charge is 2.25. The summed E-state index contributed by atoms with van der Waals surface area (Å²) in [7, 11) is 0. The van der Waals surface area contributed by atoms with Crippen LogP contribution < -0.4 is 21.1 Å². The molecular weight excluding hydrogens is 482 g/mol. The maximum Gasteiger partial charge on any atom is 0.326 e. The number of aliphatic carboxylic acids is 1. The van der Waals surface area contributed by atoms with Gasteiger partial charge >= 0.3 is 5.97 Å². The van der Waals surface area contributed by atoms with Crippen LogP contribution in [0.1, 0.15) is 31.4 Å². The molecule has 1 aliphatic carbocycles. The zero-order valence-corrected chi connectivity index (χ0v) is 18.2. The van der Waals surface area contributed by atoms with Crippen LogP contribution in [0.15, 0.2) is 38.4 Å². The van der Waals surface area contributed by atoms with Crippen LogP contribution in [-0.4, -0.2) is 45.9 Å². The molecule has 0 saturated heterocycles. The Balaban J connectivity index is 1.50. The number of nitrogens with two attached hydrogens (primary N) is 2. The smallest absolute Gasteiger partial charge is 0.326 e. The van der Waals surface area contributed by atoms with Crippen molar-refractivity contribution >= 4 is 39.3 Å². The highest BCUT2D eigenvalue weighted by Crippen LogP contribution is 2.32. The van der Waals surface area contributed by atoms with Crippen molar-refractivity contribution in [2.24, 2.45) is 16.7 Å². The van der Waals surface area contributed by atoms with Crippen molar-refractivity contribution in [3.8, 4) is 11.6 Å². The molecular formula is C18H21BrClN5O5. The van der Waals surface area contributed by atoms with Gasteiger partial charge in [-0.15, -0.1) is 5.10 Å². The second-order valence-corrected chi connectivity index (χ2v) is 8.01. The van der Waals surface area contributed by atoms with Gasteiger partial charge in [-0.25, -0.2) is 11.0 Å². The van der Waals surface area contributed by atoms with Gasteiger partial charge in [0, 0.05) is 5.02 Å². The summed E-state index contributed by atoms with van der Waals surface area (Å²) in [5.41, 5.74) is 5.75. The molecule has 10 nitrogen and oxygen atoms in total. The van der Waals surface area contributed by atoms with E-state index in [0.29, 0.717) is 10.1 Å². The Bertz CT molecular complexity index is 916. The van der Waals surface area contributed by atoms with Crippen LogP contribution in [0.3, 0.4) is 0 Å². The second kappa shape index (κ2) is 10.0. The lowest BCUT2D eigenvalue weighted by molar-refractivity contribution is -0.138. The van der Waals surface area contributed by atoms with E-state index >= 15 is 0 Å². The molecule has 0 aliphatic heterocycles. The number of hydrogen-bond donors (Lipinski definition) is 3. The third kappa shape index (κ3) is 6.25. The lowest BCUT2D eigenvalue weighted by Gasteiger charge is -2.29. The molecule has 12 heteroatoms. The van der Waals surface area contributed by atoms with Crippen molar-refractivity contribution in [2.45, 2.75) is 37.9 Å². The van der Waals surface area contributed by atoms with E-state index in [-0.39, 0.29) is 29.7 Å².